The fraction of sp³-hybridized carbons (Fsp3) is 0.0690. The molecule has 0 atom stereocenters. The lowest BCUT2D eigenvalue weighted by Crippen LogP contribution is -2.19. The maximum atomic E-state index is 13.3. The van der Waals surface area contributed by atoms with Gasteiger partial charge in [0, 0.05) is 35.1 Å². The normalized spacial score (nSPS) is 10.4. The van der Waals surface area contributed by atoms with Crippen LogP contribution in [0.5, 0.6) is 23.0 Å². The third-order valence-corrected chi connectivity index (χ3v) is 5.40. The Hall–Kier alpha value is -5.18. The van der Waals surface area contributed by atoms with Crippen molar-refractivity contribution in [2.45, 2.75) is 13.8 Å². The molecule has 0 bridgehead atoms. The van der Waals surface area contributed by atoms with E-state index < -0.39 is 17.8 Å². The van der Waals surface area contributed by atoms with Crippen LogP contribution in [-0.4, -0.2) is 22.9 Å². The van der Waals surface area contributed by atoms with Gasteiger partial charge in [-0.05, 0) is 86.1 Å². The van der Waals surface area contributed by atoms with Gasteiger partial charge in [-0.3, -0.25) is 4.79 Å². The lowest BCUT2D eigenvalue weighted by atomic mass is 10.1. The fourth-order valence-corrected chi connectivity index (χ4v) is 3.56. The topological polar surface area (TPSA) is 114 Å². The van der Waals surface area contributed by atoms with Crippen molar-refractivity contribution in [3.63, 3.8) is 0 Å². The molecule has 0 radical (unpaired) electrons. The number of ketones is 1. The van der Waals surface area contributed by atoms with E-state index in [-0.39, 0.29) is 11.3 Å². The molecule has 38 heavy (non-hydrogen) atoms. The standard InChI is InChI=1S/C29H23FN2O6/c1-17-13-24(11-12-27(17)28(34)35)38-26-15-22(14-25(16-26)37-23-9-5-20(30)6-10-23)32-29(36)31-21-7-3-19(4-8-21)18(2)33/h3-16H,1-2H3,(H,34,35)(H2,31,32,36). The number of amides is 2. The summed E-state index contributed by atoms with van der Waals surface area (Å²) >= 11 is 0. The zero-order chi connectivity index (χ0) is 27.2. The first kappa shape index (κ1) is 25.9. The highest BCUT2D eigenvalue weighted by Gasteiger charge is 2.12. The molecule has 0 fully saturated rings. The van der Waals surface area contributed by atoms with Crippen molar-refractivity contribution >= 4 is 29.2 Å². The second kappa shape index (κ2) is 11.3. The Morgan fingerprint density at radius 3 is 1.87 bits per heavy atom. The molecule has 4 rings (SSSR count). The van der Waals surface area contributed by atoms with Gasteiger partial charge < -0.3 is 25.2 Å². The van der Waals surface area contributed by atoms with E-state index in [4.69, 9.17) is 9.47 Å². The third-order valence-electron chi connectivity index (χ3n) is 5.40. The average Bonchev–Trinajstić information content (AvgIpc) is 2.85. The number of carboxylic acid groups (broad SMARTS) is 1. The predicted octanol–water partition coefficient (Wildman–Crippen LogP) is 7.26. The Balaban J connectivity index is 1.57. The highest BCUT2D eigenvalue weighted by Crippen LogP contribution is 2.33. The second-order valence-corrected chi connectivity index (χ2v) is 8.35. The molecule has 0 aliphatic heterocycles. The van der Waals surface area contributed by atoms with Gasteiger partial charge in [0.25, 0.3) is 0 Å². The van der Waals surface area contributed by atoms with Crippen LogP contribution in [0, 0.1) is 12.7 Å². The molecule has 192 valence electrons. The number of carboxylic acids is 1. The number of anilines is 2. The Labute approximate surface area is 217 Å². The van der Waals surface area contributed by atoms with E-state index in [0.29, 0.717) is 45.5 Å². The summed E-state index contributed by atoms with van der Waals surface area (Å²) in [5, 5.41) is 14.7. The van der Waals surface area contributed by atoms with E-state index in [9.17, 15) is 23.9 Å². The molecule has 3 N–H and O–H groups in total. The number of rotatable bonds is 8. The Bertz CT molecular complexity index is 1500. The van der Waals surface area contributed by atoms with E-state index in [1.165, 1.54) is 43.3 Å². The summed E-state index contributed by atoms with van der Waals surface area (Å²) in [6, 6.07) is 20.6. The van der Waals surface area contributed by atoms with Gasteiger partial charge in [-0.1, -0.05) is 0 Å². The van der Waals surface area contributed by atoms with Crippen molar-refractivity contribution in [1.29, 1.82) is 0 Å². The van der Waals surface area contributed by atoms with E-state index in [1.807, 2.05) is 0 Å². The number of carbonyl (C=O) groups is 3. The van der Waals surface area contributed by atoms with E-state index >= 15 is 0 Å². The van der Waals surface area contributed by atoms with Gasteiger partial charge in [0.1, 0.15) is 28.8 Å². The number of hydrogen-bond acceptors (Lipinski definition) is 5. The van der Waals surface area contributed by atoms with Gasteiger partial charge in [0.05, 0.1) is 5.56 Å². The maximum absolute atomic E-state index is 13.3. The number of aromatic carboxylic acids is 1. The van der Waals surface area contributed by atoms with Gasteiger partial charge in [-0.2, -0.15) is 0 Å². The van der Waals surface area contributed by atoms with Gasteiger partial charge in [0.15, 0.2) is 5.78 Å². The molecule has 2 amide bonds. The van der Waals surface area contributed by atoms with E-state index in [1.54, 1.807) is 55.5 Å². The van der Waals surface area contributed by atoms with Crippen molar-refractivity contribution in [3.05, 3.63) is 107 Å². The Kier molecular flexibility index (Phi) is 7.67. The zero-order valence-corrected chi connectivity index (χ0v) is 20.4. The molecule has 0 aromatic heterocycles. The van der Waals surface area contributed by atoms with Crippen molar-refractivity contribution in [2.75, 3.05) is 10.6 Å². The molecule has 4 aromatic rings. The van der Waals surface area contributed by atoms with Crippen LogP contribution in [0.15, 0.2) is 84.9 Å². The van der Waals surface area contributed by atoms with Crippen LogP contribution in [0.1, 0.15) is 33.2 Å². The molecule has 0 saturated heterocycles. The summed E-state index contributed by atoms with van der Waals surface area (Å²) in [5.74, 6) is -0.192. The first-order chi connectivity index (χ1) is 18.2. The number of halogens is 1. The number of benzene rings is 4. The SMILES string of the molecule is CC(=O)c1ccc(NC(=O)Nc2cc(Oc3ccc(F)cc3)cc(Oc3ccc(C(=O)O)c(C)c3)c2)cc1. The minimum Gasteiger partial charge on any atom is -0.478 e. The van der Waals surface area contributed by atoms with Crippen LogP contribution in [-0.2, 0) is 0 Å². The lowest BCUT2D eigenvalue weighted by molar-refractivity contribution is 0.0695. The summed E-state index contributed by atoms with van der Waals surface area (Å²) < 4.78 is 25.1. The molecule has 0 aliphatic rings. The lowest BCUT2D eigenvalue weighted by Gasteiger charge is -2.14. The summed E-state index contributed by atoms with van der Waals surface area (Å²) in [5.41, 5.74) is 2.01. The van der Waals surface area contributed by atoms with Gasteiger partial charge in [0.2, 0.25) is 0 Å². The van der Waals surface area contributed by atoms with Crippen LogP contribution < -0.4 is 20.1 Å². The number of aryl methyl sites for hydroxylation is 1. The fourth-order valence-electron chi connectivity index (χ4n) is 3.56. The molecular weight excluding hydrogens is 491 g/mol. The van der Waals surface area contributed by atoms with Crippen molar-refractivity contribution in [3.8, 4) is 23.0 Å². The second-order valence-electron chi connectivity index (χ2n) is 8.35. The number of nitrogens with one attached hydrogen (secondary N) is 2. The highest BCUT2D eigenvalue weighted by atomic mass is 19.1. The molecule has 0 heterocycles. The summed E-state index contributed by atoms with van der Waals surface area (Å²) in [7, 11) is 0. The van der Waals surface area contributed by atoms with Crippen LogP contribution in [0.25, 0.3) is 0 Å². The number of ether oxygens (including phenoxy) is 2. The van der Waals surface area contributed by atoms with Gasteiger partial charge in [-0.25, -0.2) is 14.0 Å². The summed E-state index contributed by atoms with van der Waals surface area (Å²) in [4.78, 5) is 35.4. The smallest absolute Gasteiger partial charge is 0.335 e. The van der Waals surface area contributed by atoms with Crippen LogP contribution >= 0.6 is 0 Å². The van der Waals surface area contributed by atoms with Crippen molar-refractivity contribution in [1.82, 2.24) is 0 Å². The number of hydrogen-bond donors (Lipinski definition) is 3. The molecule has 0 aliphatic carbocycles. The van der Waals surface area contributed by atoms with Crippen molar-refractivity contribution in [2.24, 2.45) is 0 Å². The van der Waals surface area contributed by atoms with Crippen LogP contribution in [0.2, 0.25) is 0 Å². The molecule has 4 aromatic carbocycles. The minimum absolute atomic E-state index is 0.0840. The van der Waals surface area contributed by atoms with Crippen molar-refractivity contribution < 1.29 is 33.4 Å². The molecule has 0 spiro atoms. The number of carbonyl (C=O) groups excluding carboxylic acids is 2. The average molecular weight is 515 g/mol. The molecule has 9 heteroatoms. The molecule has 0 saturated carbocycles. The van der Waals surface area contributed by atoms with E-state index in [2.05, 4.69) is 10.6 Å². The van der Waals surface area contributed by atoms with Gasteiger partial charge >= 0.3 is 12.0 Å². The minimum atomic E-state index is -1.04. The van der Waals surface area contributed by atoms with Gasteiger partial charge in [-0.15, -0.1) is 0 Å². The number of Topliss-reactive ketones (excluding diaryl/α,β-unsaturated/α-hetero) is 1. The first-order valence-electron chi connectivity index (χ1n) is 11.5. The maximum Gasteiger partial charge on any atom is 0.335 e. The number of urea groups is 1. The highest BCUT2D eigenvalue weighted by molar-refractivity contribution is 6.00. The third kappa shape index (κ3) is 6.73. The molecule has 8 nitrogen and oxygen atoms in total. The Morgan fingerprint density at radius 1 is 0.711 bits per heavy atom. The quantitative estimate of drug-likeness (QED) is 0.213. The molecular formula is C29H23FN2O6. The van der Waals surface area contributed by atoms with Crippen LogP contribution in [0.3, 0.4) is 0 Å². The summed E-state index contributed by atoms with van der Waals surface area (Å²) in [6.07, 6.45) is 0. The van der Waals surface area contributed by atoms with Crippen LogP contribution in [0.4, 0.5) is 20.6 Å². The molecule has 0 unspecified atom stereocenters. The zero-order valence-electron chi connectivity index (χ0n) is 20.4. The largest absolute Gasteiger partial charge is 0.478 e. The summed E-state index contributed by atoms with van der Waals surface area (Å²) in [6.45, 7) is 3.11. The van der Waals surface area contributed by atoms with E-state index in [0.717, 1.165) is 0 Å². The monoisotopic (exact) mass is 514 g/mol. The first-order valence-corrected chi connectivity index (χ1v) is 11.5. The predicted molar refractivity (Wildman–Crippen MR) is 140 cm³/mol. The Morgan fingerprint density at radius 2 is 1.29 bits per heavy atom.